The number of carbonyl (C=O) groups excluding carboxylic acids is 2. The SMILES string of the molecule is CC(C)Oc1ncc(C(=O)NCCNC(=O)Cc2cccc(F)c2)cc1Cl. The topological polar surface area (TPSA) is 80.3 Å². The summed E-state index contributed by atoms with van der Waals surface area (Å²) in [5.74, 6) is -0.730. The van der Waals surface area contributed by atoms with Crippen molar-refractivity contribution in [3.05, 3.63) is 58.5 Å². The van der Waals surface area contributed by atoms with Crippen molar-refractivity contribution in [1.29, 1.82) is 0 Å². The number of aromatic nitrogens is 1. The normalized spacial score (nSPS) is 10.6. The van der Waals surface area contributed by atoms with E-state index in [0.717, 1.165) is 0 Å². The Morgan fingerprint density at radius 3 is 2.63 bits per heavy atom. The van der Waals surface area contributed by atoms with Gasteiger partial charge in [-0.05, 0) is 37.6 Å². The highest BCUT2D eigenvalue weighted by molar-refractivity contribution is 6.32. The standard InChI is InChI=1S/C19H21ClFN3O3/c1-12(2)27-19-16(20)10-14(11-24-19)18(26)23-7-6-22-17(25)9-13-4-3-5-15(21)8-13/h3-5,8,10-12H,6-7,9H2,1-2H3,(H,22,25)(H,23,26). The molecule has 0 atom stereocenters. The third-order valence-electron chi connectivity index (χ3n) is 3.40. The van der Waals surface area contributed by atoms with Crippen LogP contribution in [0.25, 0.3) is 0 Å². The number of carbonyl (C=O) groups is 2. The van der Waals surface area contributed by atoms with Crippen LogP contribution in [0.1, 0.15) is 29.8 Å². The molecule has 0 saturated heterocycles. The molecule has 8 heteroatoms. The van der Waals surface area contributed by atoms with Crippen molar-refractivity contribution in [2.45, 2.75) is 26.4 Å². The Morgan fingerprint density at radius 1 is 1.22 bits per heavy atom. The van der Waals surface area contributed by atoms with Crippen LogP contribution in [0.15, 0.2) is 36.5 Å². The van der Waals surface area contributed by atoms with Gasteiger partial charge in [-0.15, -0.1) is 0 Å². The summed E-state index contributed by atoms with van der Waals surface area (Å²) in [6, 6.07) is 7.33. The predicted molar refractivity (Wildman–Crippen MR) is 100 cm³/mol. The molecular formula is C19H21ClFN3O3. The summed E-state index contributed by atoms with van der Waals surface area (Å²) in [7, 11) is 0. The van der Waals surface area contributed by atoms with E-state index in [1.807, 2.05) is 13.8 Å². The maximum Gasteiger partial charge on any atom is 0.252 e. The van der Waals surface area contributed by atoms with Gasteiger partial charge >= 0.3 is 0 Å². The van der Waals surface area contributed by atoms with Gasteiger partial charge in [0.05, 0.1) is 18.1 Å². The van der Waals surface area contributed by atoms with Gasteiger partial charge in [0, 0.05) is 19.3 Å². The second-order valence-corrected chi connectivity index (χ2v) is 6.50. The van der Waals surface area contributed by atoms with Crippen molar-refractivity contribution in [3.8, 4) is 5.88 Å². The first-order chi connectivity index (χ1) is 12.8. The van der Waals surface area contributed by atoms with E-state index in [9.17, 15) is 14.0 Å². The van der Waals surface area contributed by atoms with E-state index in [0.29, 0.717) is 11.1 Å². The predicted octanol–water partition coefficient (Wildman–Crippen LogP) is 2.75. The highest BCUT2D eigenvalue weighted by Gasteiger charge is 2.12. The van der Waals surface area contributed by atoms with E-state index in [-0.39, 0.29) is 54.1 Å². The minimum atomic E-state index is -0.385. The lowest BCUT2D eigenvalue weighted by atomic mass is 10.1. The van der Waals surface area contributed by atoms with E-state index >= 15 is 0 Å². The molecule has 0 unspecified atom stereocenters. The molecule has 0 aliphatic rings. The summed E-state index contributed by atoms with van der Waals surface area (Å²) < 4.78 is 18.5. The second-order valence-electron chi connectivity index (χ2n) is 6.09. The lowest BCUT2D eigenvalue weighted by molar-refractivity contribution is -0.120. The van der Waals surface area contributed by atoms with Crippen LogP contribution in [0.5, 0.6) is 5.88 Å². The molecule has 2 rings (SSSR count). The van der Waals surface area contributed by atoms with Crippen molar-refractivity contribution in [1.82, 2.24) is 15.6 Å². The van der Waals surface area contributed by atoms with Crippen LogP contribution in [0.3, 0.4) is 0 Å². The van der Waals surface area contributed by atoms with Gasteiger partial charge in [0.1, 0.15) is 10.8 Å². The fourth-order valence-electron chi connectivity index (χ4n) is 2.23. The molecule has 0 spiro atoms. The van der Waals surface area contributed by atoms with E-state index in [4.69, 9.17) is 16.3 Å². The molecule has 0 bridgehead atoms. The van der Waals surface area contributed by atoms with E-state index in [2.05, 4.69) is 15.6 Å². The van der Waals surface area contributed by atoms with Crippen LogP contribution >= 0.6 is 11.6 Å². The fourth-order valence-corrected chi connectivity index (χ4v) is 2.45. The van der Waals surface area contributed by atoms with Crippen LogP contribution in [0.2, 0.25) is 5.02 Å². The molecule has 0 fully saturated rings. The number of amides is 2. The first-order valence-corrected chi connectivity index (χ1v) is 8.84. The number of hydrogen-bond donors (Lipinski definition) is 2. The summed E-state index contributed by atoms with van der Waals surface area (Å²) >= 11 is 6.06. The summed E-state index contributed by atoms with van der Waals surface area (Å²) in [5, 5.41) is 5.57. The van der Waals surface area contributed by atoms with Gasteiger partial charge in [-0.25, -0.2) is 9.37 Å². The zero-order valence-electron chi connectivity index (χ0n) is 15.1. The number of ether oxygens (including phenoxy) is 1. The first-order valence-electron chi connectivity index (χ1n) is 8.46. The molecule has 0 radical (unpaired) electrons. The molecule has 6 nitrogen and oxygen atoms in total. The molecule has 0 aliphatic heterocycles. The molecule has 0 aliphatic carbocycles. The van der Waals surface area contributed by atoms with Crippen LogP contribution in [0, 0.1) is 5.82 Å². The van der Waals surface area contributed by atoms with Gasteiger partial charge in [-0.3, -0.25) is 9.59 Å². The van der Waals surface area contributed by atoms with Crippen molar-refractivity contribution in [3.63, 3.8) is 0 Å². The monoisotopic (exact) mass is 393 g/mol. The molecule has 27 heavy (non-hydrogen) atoms. The number of halogens is 2. The van der Waals surface area contributed by atoms with Gasteiger partial charge < -0.3 is 15.4 Å². The molecule has 0 saturated carbocycles. The van der Waals surface area contributed by atoms with Crippen molar-refractivity contribution in [2.75, 3.05) is 13.1 Å². The fraction of sp³-hybridized carbons (Fsp3) is 0.316. The van der Waals surface area contributed by atoms with E-state index in [1.54, 1.807) is 12.1 Å². The molecule has 2 aromatic rings. The van der Waals surface area contributed by atoms with Crippen LogP contribution in [-0.2, 0) is 11.2 Å². The Morgan fingerprint density at radius 2 is 1.96 bits per heavy atom. The molecule has 1 aromatic heterocycles. The molecular weight excluding hydrogens is 373 g/mol. The van der Waals surface area contributed by atoms with Crippen molar-refractivity contribution >= 4 is 23.4 Å². The number of rotatable bonds is 8. The van der Waals surface area contributed by atoms with Gasteiger partial charge in [0.15, 0.2) is 0 Å². The third-order valence-corrected chi connectivity index (χ3v) is 3.67. The van der Waals surface area contributed by atoms with Gasteiger partial charge in [-0.2, -0.15) is 0 Å². The number of pyridine rings is 1. The quantitative estimate of drug-likeness (QED) is 0.676. The number of nitrogens with zero attached hydrogens (tertiary/aromatic N) is 1. The first kappa shape index (κ1) is 20.6. The Kier molecular flexibility index (Phi) is 7.55. The van der Waals surface area contributed by atoms with Gasteiger partial charge in [-0.1, -0.05) is 23.7 Å². The maximum absolute atomic E-state index is 13.1. The zero-order valence-corrected chi connectivity index (χ0v) is 15.8. The van der Waals surface area contributed by atoms with Crippen LogP contribution in [0.4, 0.5) is 4.39 Å². The summed E-state index contributed by atoms with van der Waals surface area (Å²) in [4.78, 5) is 28.0. The minimum Gasteiger partial charge on any atom is -0.474 e. The number of benzene rings is 1. The number of nitrogens with one attached hydrogen (secondary N) is 2. The van der Waals surface area contributed by atoms with Crippen LogP contribution in [-0.4, -0.2) is 36.0 Å². The lowest BCUT2D eigenvalue weighted by Gasteiger charge is -2.11. The molecule has 2 amide bonds. The summed E-state index contributed by atoms with van der Waals surface area (Å²) in [5.41, 5.74) is 0.878. The second kappa shape index (κ2) is 9.87. The number of hydrogen-bond acceptors (Lipinski definition) is 4. The van der Waals surface area contributed by atoms with Gasteiger partial charge in [0.25, 0.3) is 5.91 Å². The van der Waals surface area contributed by atoms with E-state index < -0.39 is 0 Å². The molecule has 1 heterocycles. The Bertz CT molecular complexity index is 815. The summed E-state index contributed by atoms with van der Waals surface area (Å²) in [6.45, 7) is 4.17. The Hall–Kier alpha value is -2.67. The highest BCUT2D eigenvalue weighted by Crippen LogP contribution is 2.23. The average Bonchev–Trinajstić information content (AvgIpc) is 2.60. The Balaban J connectivity index is 1.75. The molecule has 144 valence electrons. The minimum absolute atomic E-state index is 0.0720. The van der Waals surface area contributed by atoms with Gasteiger partial charge in [0.2, 0.25) is 11.8 Å². The van der Waals surface area contributed by atoms with E-state index in [1.165, 1.54) is 24.4 Å². The average molecular weight is 394 g/mol. The summed E-state index contributed by atoms with van der Waals surface area (Å²) in [6.07, 6.45) is 1.37. The van der Waals surface area contributed by atoms with Crippen molar-refractivity contribution < 1.29 is 18.7 Å². The van der Waals surface area contributed by atoms with Crippen LogP contribution < -0.4 is 15.4 Å². The molecule has 2 N–H and O–H groups in total. The Labute approximate surface area is 162 Å². The van der Waals surface area contributed by atoms with Crippen molar-refractivity contribution in [2.24, 2.45) is 0 Å². The lowest BCUT2D eigenvalue weighted by Crippen LogP contribution is -2.35. The third kappa shape index (κ3) is 6.86. The smallest absolute Gasteiger partial charge is 0.252 e. The molecule has 1 aromatic carbocycles. The zero-order chi connectivity index (χ0) is 19.8. The highest BCUT2D eigenvalue weighted by atomic mass is 35.5. The largest absolute Gasteiger partial charge is 0.474 e. The maximum atomic E-state index is 13.1.